The number of thiophene rings is 1. The van der Waals surface area contributed by atoms with Gasteiger partial charge < -0.3 is 9.64 Å². The summed E-state index contributed by atoms with van der Waals surface area (Å²) in [5.74, 6) is 0.293. The van der Waals surface area contributed by atoms with Gasteiger partial charge in [-0.1, -0.05) is 13.8 Å². The summed E-state index contributed by atoms with van der Waals surface area (Å²) < 4.78 is 6.78. The fraction of sp³-hybridized carbons (Fsp3) is 0.588. The van der Waals surface area contributed by atoms with E-state index >= 15 is 0 Å². The number of likely N-dealkylation sites (N-methyl/N-ethyl adjacent to an activating group) is 1. The summed E-state index contributed by atoms with van der Waals surface area (Å²) in [6.45, 7) is 13.2. The maximum absolute atomic E-state index is 12.9. The van der Waals surface area contributed by atoms with Crippen molar-refractivity contribution in [3.63, 3.8) is 0 Å². The summed E-state index contributed by atoms with van der Waals surface area (Å²) in [7, 11) is 0. The van der Waals surface area contributed by atoms with Gasteiger partial charge in [0.15, 0.2) is 0 Å². The van der Waals surface area contributed by atoms with Gasteiger partial charge >= 0.3 is 5.97 Å². The van der Waals surface area contributed by atoms with Gasteiger partial charge in [0.2, 0.25) is 0 Å². The fourth-order valence-corrected chi connectivity index (χ4v) is 3.87. The van der Waals surface area contributed by atoms with Gasteiger partial charge in [-0.2, -0.15) is 0 Å². The van der Waals surface area contributed by atoms with Crippen LogP contribution in [0, 0.1) is 13.8 Å². The normalized spacial score (nSPS) is 11.4. The van der Waals surface area contributed by atoms with Crippen LogP contribution in [0.25, 0.3) is 10.2 Å². The Morgan fingerprint density at radius 2 is 1.92 bits per heavy atom. The molecule has 0 saturated heterocycles. The number of ether oxygens (including phenoxy) is 1. The number of carbonyl (C=O) groups is 1. The summed E-state index contributed by atoms with van der Waals surface area (Å²) in [5.41, 5.74) is 0.594. The smallest absolute Gasteiger partial charge is 0.348 e. The summed E-state index contributed by atoms with van der Waals surface area (Å²) in [5, 5.41) is 0.535. The van der Waals surface area contributed by atoms with Crippen LogP contribution >= 0.6 is 11.3 Å². The molecular formula is C17H25N3O3S. The molecule has 0 unspecified atom stereocenters. The maximum Gasteiger partial charge on any atom is 0.348 e. The van der Waals surface area contributed by atoms with Crippen molar-refractivity contribution in [2.24, 2.45) is 0 Å². The van der Waals surface area contributed by atoms with Crippen molar-refractivity contribution >= 4 is 27.5 Å². The van der Waals surface area contributed by atoms with Crippen molar-refractivity contribution in [3.8, 4) is 0 Å². The van der Waals surface area contributed by atoms with Gasteiger partial charge in [-0.25, -0.2) is 9.78 Å². The van der Waals surface area contributed by atoms with Gasteiger partial charge in [0.05, 0.1) is 12.0 Å². The van der Waals surface area contributed by atoms with Gasteiger partial charge in [0, 0.05) is 13.1 Å². The molecule has 0 aliphatic rings. The third-order valence-corrected chi connectivity index (χ3v) is 5.40. The van der Waals surface area contributed by atoms with Crippen molar-refractivity contribution < 1.29 is 9.53 Å². The zero-order valence-electron chi connectivity index (χ0n) is 15.0. The van der Waals surface area contributed by atoms with E-state index in [1.165, 1.54) is 11.3 Å². The minimum absolute atomic E-state index is 0.0750. The van der Waals surface area contributed by atoms with Gasteiger partial charge in [0.25, 0.3) is 5.56 Å². The molecule has 0 N–H and O–H groups in total. The minimum atomic E-state index is -0.384. The molecule has 0 bridgehead atoms. The van der Waals surface area contributed by atoms with Crippen LogP contribution in [0.3, 0.4) is 0 Å². The monoisotopic (exact) mass is 351 g/mol. The standard InChI is InChI=1S/C17H25N3O3S/c1-6-19(7-2)9-10-20-12(5)18-15-13(16(20)21)11(4)14(24-15)17(22)23-8-3/h6-10H2,1-5H3. The van der Waals surface area contributed by atoms with Gasteiger partial charge in [0.1, 0.15) is 15.5 Å². The third kappa shape index (κ3) is 3.52. The number of nitrogens with zero attached hydrogens (tertiary/aromatic N) is 3. The van der Waals surface area contributed by atoms with Crippen LogP contribution in [0.1, 0.15) is 41.8 Å². The number of fused-ring (bicyclic) bond motifs is 1. The Labute approximate surface area is 146 Å². The molecule has 0 radical (unpaired) electrons. The summed E-state index contributed by atoms with van der Waals surface area (Å²) in [4.78, 5) is 32.9. The molecule has 132 valence electrons. The first-order chi connectivity index (χ1) is 11.4. The van der Waals surface area contributed by atoms with Crippen LogP contribution < -0.4 is 5.56 Å². The lowest BCUT2D eigenvalue weighted by Crippen LogP contribution is -2.32. The first kappa shape index (κ1) is 18.6. The maximum atomic E-state index is 12.9. The Bertz CT molecular complexity index is 790. The average molecular weight is 351 g/mol. The number of rotatable bonds is 7. The summed E-state index contributed by atoms with van der Waals surface area (Å²) in [6.07, 6.45) is 0. The first-order valence-corrected chi connectivity index (χ1v) is 9.16. The second kappa shape index (κ2) is 7.90. The topological polar surface area (TPSA) is 64.4 Å². The van der Waals surface area contributed by atoms with E-state index in [1.807, 2.05) is 6.92 Å². The molecule has 0 aliphatic heterocycles. The molecule has 0 aromatic carbocycles. The Kier molecular flexibility index (Phi) is 6.12. The van der Waals surface area contributed by atoms with Crippen LogP contribution in [0.4, 0.5) is 0 Å². The van der Waals surface area contributed by atoms with Crippen molar-refractivity contribution in [1.82, 2.24) is 14.5 Å². The third-order valence-electron chi connectivity index (χ3n) is 4.24. The molecule has 0 spiro atoms. The SMILES string of the molecule is CCOC(=O)c1sc2nc(C)n(CCN(CC)CC)c(=O)c2c1C. The predicted molar refractivity (Wildman–Crippen MR) is 97.1 cm³/mol. The zero-order valence-corrected chi connectivity index (χ0v) is 15.8. The fourth-order valence-electron chi connectivity index (χ4n) is 2.75. The predicted octanol–water partition coefficient (Wildman–Crippen LogP) is 2.59. The molecular weight excluding hydrogens is 326 g/mol. The Balaban J connectivity index is 2.47. The van der Waals surface area contributed by atoms with Crippen LogP contribution in [0.2, 0.25) is 0 Å². The molecule has 0 amide bonds. The van der Waals surface area contributed by atoms with Gasteiger partial charge in [-0.3, -0.25) is 9.36 Å². The van der Waals surface area contributed by atoms with E-state index in [0.29, 0.717) is 39.6 Å². The van der Waals surface area contributed by atoms with Gasteiger partial charge in [-0.15, -0.1) is 11.3 Å². The molecule has 0 saturated carbocycles. The molecule has 0 fully saturated rings. The number of aryl methyl sites for hydroxylation is 2. The average Bonchev–Trinajstić information content (AvgIpc) is 2.87. The molecule has 6 nitrogen and oxygen atoms in total. The molecule has 7 heteroatoms. The second-order valence-electron chi connectivity index (χ2n) is 5.60. The molecule has 2 aromatic rings. The lowest BCUT2D eigenvalue weighted by Gasteiger charge is -2.19. The number of hydrogen-bond acceptors (Lipinski definition) is 6. The number of carbonyl (C=O) groups excluding carboxylic acids is 1. The molecule has 24 heavy (non-hydrogen) atoms. The Hall–Kier alpha value is -1.73. The van der Waals surface area contributed by atoms with E-state index in [-0.39, 0.29) is 11.5 Å². The van der Waals surface area contributed by atoms with E-state index < -0.39 is 0 Å². The van der Waals surface area contributed by atoms with Crippen molar-refractivity contribution in [3.05, 3.63) is 26.6 Å². The summed E-state index contributed by atoms with van der Waals surface area (Å²) in [6, 6.07) is 0. The highest BCUT2D eigenvalue weighted by Gasteiger charge is 2.21. The first-order valence-electron chi connectivity index (χ1n) is 8.34. The Morgan fingerprint density at radius 3 is 2.50 bits per heavy atom. The van der Waals surface area contributed by atoms with E-state index in [0.717, 1.165) is 19.6 Å². The van der Waals surface area contributed by atoms with Crippen molar-refractivity contribution in [2.45, 2.75) is 41.2 Å². The van der Waals surface area contributed by atoms with Crippen molar-refractivity contribution in [2.75, 3.05) is 26.2 Å². The lowest BCUT2D eigenvalue weighted by atomic mass is 10.2. The largest absolute Gasteiger partial charge is 0.462 e. The minimum Gasteiger partial charge on any atom is -0.462 e. The van der Waals surface area contributed by atoms with Crippen LogP contribution in [-0.2, 0) is 11.3 Å². The van der Waals surface area contributed by atoms with E-state index in [4.69, 9.17) is 4.74 Å². The molecule has 2 aromatic heterocycles. The highest BCUT2D eigenvalue weighted by atomic mass is 32.1. The molecule has 2 heterocycles. The van der Waals surface area contributed by atoms with Crippen LogP contribution in [-0.4, -0.2) is 46.7 Å². The summed E-state index contributed by atoms with van der Waals surface area (Å²) >= 11 is 1.23. The lowest BCUT2D eigenvalue weighted by molar-refractivity contribution is 0.0531. The molecule has 0 atom stereocenters. The van der Waals surface area contributed by atoms with Gasteiger partial charge in [-0.05, 0) is 39.4 Å². The number of aromatic nitrogens is 2. The highest BCUT2D eigenvalue weighted by Crippen LogP contribution is 2.28. The van der Waals surface area contributed by atoms with E-state index in [9.17, 15) is 9.59 Å². The van der Waals surface area contributed by atoms with Crippen molar-refractivity contribution in [1.29, 1.82) is 0 Å². The van der Waals surface area contributed by atoms with E-state index in [2.05, 4.69) is 23.7 Å². The van der Waals surface area contributed by atoms with Crippen LogP contribution in [0.15, 0.2) is 4.79 Å². The quantitative estimate of drug-likeness (QED) is 0.718. The number of esters is 1. The highest BCUT2D eigenvalue weighted by molar-refractivity contribution is 7.20. The zero-order chi connectivity index (χ0) is 17.9. The van der Waals surface area contributed by atoms with E-state index in [1.54, 1.807) is 18.4 Å². The Morgan fingerprint density at radius 1 is 1.25 bits per heavy atom. The molecule has 0 aliphatic carbocycles. The second-order valence-corrected chi connectivity index (χ2v) is 6.60. The number of hydrogen-bond donors (Lipinski definition) is 0. The van der Waals surface area contributed by atoms with Crippen LogP contribution in [0.5, 0.6) is 0 Å². The molecule has 2 rings (SSSR count).